The number of aliphatic hydroxyl groups is 1. The van der Waals surface area contributed by atoms with Gasteiger partial charge >= 0.3 is 0 Å². The van der Waals surface area contributed by atoms with Gasteiger partial charge in [-0.25, -0.2) is 9.97 Å². The molecule has 9 heteroatoms. The highest BCUT2D eigenvalue weighted by Gasteiger charge is 2.25. The highest BCUT2D eigenvalue weighted by Crippen LogP contribution is 2.25. The molecule has 0 bridgehead atoms. The zero-order valence-corrected chi connectivity index (χ0v) is 16.7. The van der Waals surface area contributed by atoms with E-state index in [2.05, 4.69) is 33.0 Å². The average Bonchev–Trinajstić information content (AvgIpc) is 3.32. The first-order valence-electron chi connectivity index (χ1n) is 9.48. The molecule has 3 aromatic rings. The van der Waals surface area contributed by atoms with Crippen LogP contribution in [-0.2, 0) is 26.6 Å². The third-order valence-corrected chi connectivity index (χ3v) is 5.04. The molecular formula is C19H26N8O. The Morgan fingerprint density at radius 2 is 2.04 bits per heavy atom. The van der Waals surface area contributed by atoms with Crippen molar-refractivity contribution < 1.29 is 5.11 Å². The maximum absolute atomic E-state index is 10.7. The van der Waals surface area contributed by atoms with Gasteiger partial charge in [0.25, 0.3) is 0 Å². The quantitative estimate of drug-likeness (QED) is 0.708. The molecule has 4 heterocycles. The minimum Gasteiger partial charge on any atom is -0.379 e. The van der Waals surface area contributed by atoms with Crippen LogP contribution < -0.4 is 9.80 Å². The average molecular weight is 382 g/mol. The van der Waals surface area contributed by atoms with Crippen molar-refractivity contribution in [3.8, 4) is 0 Å². The zero-order valence-electron chi connectivity index (χ0n) is 16.7. The first-order valence-corrected chi connectivity index (χ1v) is 9.48. The predicted octanol–water partition coefficient (Wildman–Crippen LogP) is 1.14. The summed E-state index contributed by atoms with van der Waals surface area (Å²) in [4.78, 5) is 17.7. The zero-order chi connectivity index (χ0) is 19.8. The molecule has 148 valence electrons. The number of aliphatic hydroxyl groups excluding tert-OH is 1. The van der Waals surface area contributed by atoms with Gasteiger partial charge < -0.3 is 19.5 Å². The lowest BCUT2D eigenvalue weighted by molar-refractivity contribution is 0.200. The van der Waals surface area contributed by atoms with E-state index in [0.717, 1.165) is 42.7 Å². The van der Waals surface area contributed by atoms with Crippen LogP contribution >= 0.6 is 0 Å². The van der Waals surface area contributed by atoms with E-state index in [1.54, 1.807) is 6.20 Å². The third-order valence-electron chi connectivity index (χ3n) is 5.04. The summed E-state index contributed by atoms with van der Waals surface area (Å²) in [5, 5.41) is 15.3. The Hall–Kier alpha value is -2.94. The van der Waals surface area contributed by atoms with Gasteiger partial charge in [0.1, 0.15) is 11.6 Å². The summed E-state index contributed by atoms with van der Waals surface area (Å²) in [6, 6.07) is 4.02. The van der Waals surface area contributed by atoms with Gasteiger partial charge in [-0.3, -0.25) is 4.68 Å². The van der Waals surface area contributed by atoms with E-state index in [1.807, 2.05) is 47.6 Å². The van der Waals surface area contributed by atoms with E-state index in [4.69, 9.17) is 4.98 Å². The smallest absolute Gasteiger partial charge is 0.227 e. The summed E-state index contributed by atoms with van der Waals surface area (Å²) < 4.78 is 3.78. The van der Waals surface area contributed by atoms with Crippen molar-refractivity contribution in [2.24, 2.45) is 7.05 Å². The van der Waals surface area contributed by atoms with Gasteiger partial charge in [0.05, 0.1) is 24.5 Å². The molecule has 0 aromatic carbocycles. The van der Waals surface area contributed by atoms with Crippen molar-refractivity contribution in [1.82, 2.24) is 29.3 Å². The second kappa shape index (κ2) is 7.23. The molecule has 0 radical (unpaired) electrons. The molecule has 0 amide bonds. The maximum Gasteiger partial charge on any atom is 0.227 e. The van der Waals surface area contributed by atoms with Crippen molar-refractivity contribution in [1.29, 1.82) is 0 Å². The fourth-order valence-corrected chi connectivity index (χ4v) is 3.40. The highest BCUT2D eigenvalue weighted by molar-refractivity contribution is 5.46. The topological polar surface area (TPSA) is 88.1 Å². The normalized spacial score (nSPS) is 14.8. The van der Waals surface area contributed by atoms with Crippen LogP contribution in [0.15, 0.2) is 24.5 Å². The van der Waals surface area contributed by atoms with Crippen LogP contribution in [0.4, 0.5) is 11.8 Å². The van der Waals surface area contributed by atoms with Crippen molar-refractivity contribution in [3.63, 3.8) is 0 Å². The monoisotopic (exact) mass is 382 g/mol. The molecule has 0 fully saturated rings. The Morgan fingerprint density at radius 3 is 2.71 bits per heavy atom. The fourth-order valence-electron chi connectivity index (χ4n) is 3.40. The number of fused-ring (bicyclic) bond motifs is 1. The second-order valence-electron chi connectivity index (χ2n) is 7.27. The molecule has 0 aliphatic carbocycles. The van der Waals surface area contributed by atoms with Gasteiger partial charge in [-0.2, -0.15) is 10.1 Å². The number of anilines is 2. The maximum atomic E-state index is 10.7. The SMILES string of the molecule is CCc1cc(N2CCn3nc([C@H](O)c4nccn4C)cc3C2)nc(N(C)C)n1. The summed E-state index contributed by atoms with van der Waals surface area (Å²) in [6.45, 7) is 4.33. The molecule has 1 atom stereocenters. The molecule has 4 rings (SSSR count). The molecule has 0 unspecified atom stereocenters. The van der Waals surface area contributed by atoms with Gasteiger partial charge in [-0.15, -0.1) is 0 Å². The van der Waals surface area contributed by atoms with Gasteiger partial charge in [-0.1, -0.05) is 6.92 Å². The second-order valence-corrected chi connectivity index (χ2v) is 7.27. The van der Waals surface area contributed by atoms with Crippen LogP contribution in [0.3, 0.4) is 0 Å². The van der Waals surface area contributed by atoms with Crippen molar-refractivity contribution >= 4 is 11.8 Å². The molecule has 0 spiro atoms. The number of hydrogen-bond donors (Lipinski definition) is 1. The molecule has 28 heavy (non-hydrogen) atoms. The van der Waals surface area contributed by atoms with Crippen molar-refractivity contribution in [2.75, 3.05) is 30.4 Å². The number of imidazole rings is 1. The van der Waals surface area contributed by atoms with E-state index in [1.165, 1.54) is 0 Å². The largest absolute Gasteiger partial charge is 0.379 e. The van der Waals surface area contributed by atoms with Gasteiger partial charge in [0, 0.05) is 51.8 Å². The first-order chi connectivity index (χ1) is 13.5. The van der Waals surface area contributed by atoms with Gasteiger partial charge in [0.2, 0.25) is 5.95 Å². The highest BCUT2D eigenvalue weighted by atomic mass is 16.3. The van der Waals surface area contributed by atoms with E-state index in [0.29, 0.717) is 18.1 Å². The minimum absolute atomic E-state index is 0.589. The molecule has 1 aliphatic heterocycles. The fraction of sp³-hybridized carbons (Fsp3) is 0.474. The van der Waals surface area contributed by atoms with E-state index >= 15 is 0 Å². The van der Waals surface area contributed by atoms with Crippen molar-refractivity contribution in [3.05, 3.63) is 47.4 Å². The Balaban J connectivity index is 1.60. The lowest BCUT2D eigenvalue weighted by atomic mass is 10.2. The number of nitrogens with zero attached hydrogens (tertiary/aromatic N) is 8. The standard InChI is InChI=1S/C19H26N8O/c1-5-13-10-16(22-19(21-13)24(2)3)26-8-9-27-14(12-26)11-15(23-27)17(28)18-20-6-7-25(18)4/h6-7,10-11,17,28H,5,8-9,12H2,1-4H3/t17-/m0/s1. The molecule has 0 saturated heterocycles. The summed E-state index contributed by atoms with van der Waals surface area (Å²) >= 11 is 0. The van der Waals surface area contributed by atoms with E-state index < -0.39 is 6.10 Å². The number of aromatic nitrogens is 6. The summed E-state index contributed by atoms with van der Waals surface area (Å²) in [7, 11) is 5.77. The molecule has 9 nitrogen and oxygen atoms in total. The third kappa shape index (κ3) is 3.33. The lowest BCUT2D eigenvalue weighted by Gasteiger charge is -2.29. The van der Waals surface area contributed by atoms with Crippen LogP contribution in [0.2, 0.25) is 0 Å². The molecule has 3 aromatic heterocycles. The number of hydrogen-bond acceptors (Lipinski definition) is 7. The number of rotatable bonds is 5. The van der Waals surface area contributed by atoms with Gasteiger partial charge in [-0.05, 0) is 12.5 Å². The molecule has 1 aliphatic rings. The minimum atomic E-state index is -0.836. The van der Waals surface area contributed by atoms with E-state index in [9.17, 15) is 5.11 Å². The van der Waals surface area contributed by atoms with Crippen molar-refractivity contribution in [2.45, 2.75) is 32.5 Å². The van der Waals surface area contributed by atoms with Crippen LogP contribution in [0, 0.1) is 0 Å². The number of aryl methyl sites for hydroxylation is 2. The van der Waals surface area contributed by atoms with Crippen LogP contribution in [-0.4, -0.2) is 55.0 Å². The Morgan fingerprint density at radius 1 is 1.21 bits per heavy atom. The van der Waals surface area contributed by atoms with E-state index in [-0.39, 0.29) is 0 Å². The Bertz CT molecular complexity index is 976. The molecule has 0 saturated carbocycles. The summed E-state index contributed by atoms with van der Waals surface area (Å²) in [5.41, 5.74) is 2.70. The van der Waals surface area contributed by atoms with Gasteiger partial charge in [0.15, 0.2) is 6.10 Å². The van der Waals surface area contributed by atoms with Crippen LogP contribution in [0.5, 0.6) is 0 Å². The summed E-state index contributed by atoms with van der Waals surface area (Å²) in [5.74, 6) is 2.24. The Kier molecular flexibility index (Phi) is 4.76. The van der Waals surface area contributed by atoms with Crippen LogP contribution in [0.1, 0.15) is 35.9 Å². The van der Waals surface area contributed by atoms with Crippen LogP contribution in [0.25, 0.3) is 0 Å². The summed E-state index contributed by atoms with van der Waals surface area (Å²) in [6.07, 6.45) is 3.53. The molecule has 1 N–H and O–H groups in total. The first kappa shape index (κ1) is 18.4. The predicted molar refractivity (Wildman–Crippen MR) is 106 cm³/mol. The Labute approximate surface area is 164 Å². The lowest BCUT2D eigenvalue weighted by Crippen LogP contribution is -2.34. The molecular weight excluding hydrogens is 356 g/mol.